The summed E-state index contributed by atoms with van der Waals surface area (Å²) in [7, 11) is 1.74. The molecule has 212 valence electrons. The van der Waals surface area contributed by atoms with E-state index < -0.39 is 11.6 Å². The number of halogens is 2. The van der Waals surface area contributed by atoms with Crippen LogP contribution in [-0.2, 0) is 4.74 Å². The Labute approximate surface area is 233 Å². The van der Waals surface area contributed by atoms with Gasteiger partial charge in [-0.05, 0) is 82.3 Å². The standard InChI is InChI=1S/C30H37F2N7O/c1-18(2)39-20(4)35-29-24(31)14-23(15-26(29)39)28-25(32)17-34-30(37-28)36-27-7-6-22(16-33-27)19(3)21-8-10-38(11-9-21)12-13-40-5/h6-7,14-19,21H,8-13H2,1-5H3,(H,33,34,36,37). The second-order valence-corrected chi connectivity index (χ2v) is 10.9. The van der Waals surface area contributed by atoms with E-state index in [-0.39, 0.29) is 23.2 Å². The quantitative estimate of drug-likeness (QED) is 0.264. The van der Waals surface area contributed by atoms with Crippen LogP contribution in [0.25, 0.3) is 22.3 Å². The molecule has 1 aliphatic heterocycles. The number of benzene rings is 1. The Morgan fingerprint density at radius 1 is 1.02 bits per heavy atom. The van der Waals surface area contributed by atoms with E-state index in [1.165, 1.54) is 11.6 Å². The summed E-state index contributed by atoms with van der Waals surface area (Å²) in [4.78, 5) is 19.9. The first kappa shape index (κ1) is 28.0. The van der Waals surface area contributed by atoms with Gasteiger partial charge in [-0.2, -0.15) is 0 Å². The van der Waals surface area contributed by atoms with Crippen LogP contribution in [0.4, 0.5) is 20.5 Å². The van der Waals surface area contributed by atoms with E-state index >= 15 is 0 Å². The van der Waals surface area contributed by atoms with Gasteiger partial charge in [-0.1, -0.05) is 13.0 Å². The lowest BCUT2D eigenvalue weighted by Crippen LogP contribution is -2.37. The number of piperidine rings is 1. The second-order valence-electron chi connectivity index (χ2n) is 10.9. The molecule has 0 saturated carbocycles. The summed E-state index contributed by atoms with van der Waals surface area (Å²) < 4.78 is 37.0. The zero-order valence-corrected chi connectivity index (χ0v) is 23.8. The van der Waals surface area contributed by atoms with E-state index in [9.17, 15) is 8.78 Å². The van der Waals surface area contributed by atoms with Crippen molar-refractivity contribution in [3.05, 3.63) is 59.7 Å². The van der Waals surface area contributed by atoms with Crippen molar-refractivity contribution >= 4 is 22.8 Å². The third kappa shape index (κ3) is 5.83. The number of aromatic nitrogens is 5. The Kier molecular flexibility index (Phi) is 8.37. The number of rotatable bonds is 9. The molecule has 40 heavy (non-hydrogen) atoms. The van der Waals surface area contributed by atoms with Crippen LogP contribution < -0.4 is 5.32 Å². The van der Waals surface area contributed by atoms with Crippen LogP contribution in [0.1, 0.15) is 57.0 Å². The maximum absolute atomic E-state index is 15.0. The van der Waals surface area contributed by atoms with Crippen molar-refractivity contribution in [1.29, 1.82) is 0 Å². The van der Waals surface area contributed by atoms with E-state index in [4.69, 9.17) is 4.74 Å². The first-order chi connectivity index (χ1) is 19.2. The first-order valence-corrected chi connectivity index (χ1v) is 13.9. The summed E-state index contributed by atoms with van der Waals surface area (Å²) in [6.45, 7) is 12.0. The minimum Gasteiger partial charge on any atom is -0.383 e. The minimum atomic E-state index is -0.637. The lowest BCUT2D eigenvalue weighted by atomic mass is 9.82. The third-order valence-electron chi connectivity index (χ3n) is 7.96. The van der Waals surface area contributed by atoms with E-state index in [1.54, 1.807) is 13.2 Å². The SMILES string of the molecule is COCCN1CCC(C(C)c2ccc(Nc3ncc(F)c(-c4cc(F)c5nc(C)n(C(C)C)c5c4)n3)nc2)CC1. The van der Waals surface area contributed by atoms with Gasteiger partial charge in [0.25, 0.3) is 0 Å². The van der Waals surface area contributed by atoms with Crippen LogP contribution in [0.3, 0.4) is 0 Å². The van der Waals surface area contributed by atoms with Gasteiger partial charge < -0.3 is 19.5 Å². The summed E-state index contributed by atoms with van der Waals surface area (Å²) in [5, 5.41) is 3.07. The molecule has 0 bridgehead atoms. The van der Waals surface area contributed by atoms with Gasteiger partial charge in [0.15, 0.2) is 11.6 Å². The summed E-state index contributed by atoms with van der Waals surface area (Å²) in [5.74, 6) is 1.28. The van der Waals surface area contributed by atoms with Gasteiger partial charge in [0.1, 0.15) is 22.9 Å². The predicted molar refractivity (Wildman–Crippen MR) is 153 cm³/mol. The normalized spacial score (nSPS) is 15.7. The monoisotopic (exact) mass is 549 g/mol. The van der Waals surface area contributed by atoms with Crippen LogP contribution in [-0.4, -0.2) is 62.8 Å². The van der Waals surface area contributed by atoms with E-state index in [2.05, 4.69) is 43.1 Å². The largest absolute Gasteiger partial charge is 0.383 e. The van der Waals surface area contributed by atoms with Crippen molar-refractivity contribution in [3.63, 3.8) is 0 Å². The van der Waals surface area contributed by atoms with Crippen LogP contribution in [0.2, 0.25) is 0 Å². The zero-order valence-electron chi connectivity index (χ0n) is 23.8. The fourth-order valence-corrected chi connectivity index (χ4v) is 5.72. The van der Waals surface area contributed by atoms with Gasteiger partial charge in [-0.25, -0.2) is 28.7 Å². The summed E-state index contributed by atoms with van der Waals surface area (Å²) in [5.41, 5.74) is 2.37. The lowest BCUT2D eigenvalue weighted by molar-refractivity contribution is 0.115. The molecule has 10 heteroatoms. The average molecular weight is 550 g/mol. The zero-order chi connectivity index (χ0) is 28.4. The van der Waals surface area contributed by atoms with Crippen LogP contribution in [0.15, 0.2) is 36.7 Å². The fourth-order valence-electron chi connectivity index (χ4n) is 5.72. The molecule has 1 saturated heterocycles. The number of imidazole rings is 1. The van der Waals surface area contributed by atoms with Crippen LogP contribution >= 0.6 is 0 Å². The highest BCUT2D eigenvalue weighted by atomic mass is 19.1. The number of methoxy groups -OCH3 is 1. The van der Waals surface area contributed by atoms with Gasteiger partial charge in [-0.15, -0.1) is 0 Å². The van der Waals surface area contributed by atoms with Crippen molar-refractivity contribution in [3.8, 4) is 11.3 Å². The van der Waals surface area contributed by atoms with Crippen molar-refractivity contribution in [1.82, 2.24) is 29.4 Å². The molecule has 1 unspecified atom stereocenters. The molecule has 0 amide bonds. The molecule has 5 rings (SSSR count). The molecule has 1 N–H and O–H groups in total. The maximum atomic E-state index is 15.0. The number of nitrogens with one attached hydrogen (secondary N) is 1. The van der Waals surface area contributed by atoms with E-state index in [1.807, 2.05) is 37.6 Å². The Hall–Kier alpha value is -3.50. The Morgan fingerprint density at radius 3 is 2.48 bits per heavy atom. The Bertz CT molecular complexity index is 1460. The van der Waals surface area contributed by atoms with E-state index in [0.717, 1.165) is 45.3 Å². The average Bonchev–Trinajstić information content (AvgIpc) is 3.30. The molecule has 8 nitrogen and oxygen atoms in total. The molecular weight excluding hydrogens is 512 g/mol. The molecule has 1 fully saturated rings. The smallest absolute Gasteiger partial charge is 0.229 e. The van der Waals surface area contributed by atoms with Crippen molar-refractivity contribution in [2.45, 2.75) is 52.5 Å². The number of pyridine rings is 1. The molecule has 1 atom stereocenters. The van der Waals surface area contributed by atoms with E-state index in [0.29, 0.717) is 34.6 Å². The number of fused-ring (bicyclic) bond motifs is 1. The van der Waals surface area contributed by atoms with Gasteiger partial charge in [-0.3, -0.25) is 0 Å². The lowest BCUT2D eigenvalue weighted by Gasteiger charge is -2.34. The first-order valence-electron chi connectivity index (χ1n) is 13.9. The number of ether oxygens (including phenoxy) is 1. The molecule has 0 radical (unpaired) electrons. The molecule has 3 aromatic heterocycles. The molecule has 4 heterocycles. The number of likely N-dealkylation sites (tertiary alicyclic amines) is 1. The minimum absolute atomic E-state index is 0.00884. The van der Waals surface area contributed by atoms with Crippen molar-refractivity contribution in [2.24, 2.45) is 5.92 Å². The molecule has 1 aliphatic rings. The number of nitrogens with zero attached hydrogens (tertiary/aromatic N) is 6. The molecule has 1 aromatic carbocycles. The number of hydrogen-bond acceptors (Lipinski definition) is 7. The highest BCUT2D eigenvalue weighted by Gasteiger charge is 2.25. The number of hydrogen-bond donors (Lipinski definition) is 1. The molecule has 0 spiro atoms. The van der Waals surface area contributed by atoms with Gasteiger partial charge in [0, 0.05) is 31.5 Å². The molecule has 4 aromatic rings. The number of anilines is 2. The van der Waals surface area contributed by atoms with Gasteiger partial charge in [0.2, 0.25) is 5.95 Å². The Morgan fingerprint density at radius 2 is 1.80 bits per heavy atom. The van der Waals surface area contributed by atoms with Gasteiger partial charge in [0.05, 0.1) is 18.3 Å². The summed E-state index contributed by atoms with van der Waals surface area (Å²) in [6, 6.07) is 7.02. The van der Waals surface area contributed by atoms with Crippen molar-refractivity contribution in [2.75, 3.05) is 38.7 Å². The summed E-state index contributed by atoms with van der Waals surface area (Å²) in [6.07, 6.45) is 5.28. The van der Waals surface area contributed by atoms with Crippen molar-refractivity contribution < 1.29 is 13.5 Å². The second kappa shape index (κ2) is 11.9. The highest BCUT2D eigenvalue weighted by molar-refractivity contribution is 5.83. The Balaban J connectivity index is 1.31. The number of aryl methyl sites for hydroxylation is 1. The van der Waals surface area contributed by atoms with Gasteiger partial charge >= 0.3 is 0 Å². The predicted octanol–water partition coefficient (Wildman–Crippen LogP) is 6.26. The highest BCUT2D eigenvalue weighted by Crippen LogP contribution is 2.33. The fraction of sp³-hybridized carbons (Fsp3) is 0.467. The third-order valence-corrected chi connectivity index (χ3v) is 7.96. The molecule has 0 aliphatic carbocycles. The maximum Gasteiger partial charge on any atom is 0.229 e. The van der Waals surface area contributed by atoms with Crippen LogP contribution in [0.5, 0.6) is 0 Å². The molecular formula is C30H37F2N7O. The van der Waals surface area contributed by atoms with Crippen LogP contribution in [0, 0.1) is 24.5 Å². The summed E-state index contributed by atoms with van der Waals surface area (Å²) >= 11 is 0. The topological polar surface area (TPSA) is 81.0 Å².